The number of benzene rings is 2. The van der Waals surface area contributed by atoms with Crippen molar-refractivity contribution in [2.24, 2.45) is 0 Å². The van der Waals surface area contributed by atoms with Crippen LogP contribution in [0.5, 0.6) is 0 Å². The molecule has 2 aromatic heterocycles. The van der Waals surface area contributed by atoms with Crippen molar-refractivity contribution in [3.63, 3.8) is 0 Å². The highest BCUT2D eigenvalue weighted by molar-refractivity contribution is 6.31. The van der Waals surface area contributed by atoms with E-state index >= 15 is 0 Å². The molecule has 4 rings (SSSR count). The number of hydrogen-bond acceptors (Lipinski definition) is 4. The number of halogens is 1. The molecule has 0 bridgehead atoms. The molecule has 0 aliphatic rings. The molecule has 5 nitrogen and oxygen atoms in total. The minimum absolute atomic E-state index is 0.205. The maximum Gasteiger partial charge on any atom is 0.251 e. The van der Waals surface area contributed by atoms with Crippen molar-refractivity contribution in [1.82, 2.24) is 15.3 Å². The van der Waals surface area contributed by atoms with E-state index in [-0.39, 0.29) is 5.91 Å². The molecule has 0 spiro atoms. The smallest absolute Gasteiger partial charge is 0.251 e. The van der Waals surface area contributed by atoms with Crippen LogP contribution in [0.2, 0.25) is 5.02 Å². The maximum absolute atomic E-state index is 12.5. The summed E-state index contributed by atoms with van der Waals surface area (Å²) < 4.78 is 5.81. The van der Waals surface area contributed by atoms with Crippen LogP contribution in [0, 0.1) is 6.92 Å². The van der Waals surface area contributed by atoms with E-state index in [0.717, 1.165) is 11.3 Å². The number of nitrogens with one attached hydrogen (secondary N) is 1. The molecular weight excluding hydrogens is 362 g/mol. The van der Waals surface area contributed by atoms with Crippen molar-refractivity contribution in [1.29, 1.82) is 0 Å². The second kappa shape index (κ2) is 7.21. The topological polar surface area (TPSA) is 68.0 Å². The summed E-state index contributed by atoms with van der Waals surface area (Å²) in [4.78, 5) is 21.3. The first-order chi connectivity index (χ1) is 13.1. The molecule has 1 amide bonds. The molecule has 0 aliphatic carbocycles. The number of pyridine rings is 1. The van der Waals surface area contributed by atoms with E-state index in [1.807, 2.05) is 43.3 Å². The zero-order valence-corrected chi connectivity index (χ0v) is 15.3. The number of rotatable bonds is 4. The number of hydrogen-bond donors (Lipinski definition) is 1. The average Bonchev–Trinajstić information content (AvgIpc) is 3.10. The summed E-state index contributed by atoms with van der Waals surface area (Å²) in [5.74, 6) is 0.228. The molecule has 1 N–H and O–H groups in total. The Kier molecular flexibility index (Phi) is 4.60. The fourth-order valence-electron chi connectivity index (χ4n) is 2.76. The molecular formula is C21H16ClN3O2. The lowest BCUT2D eigenvalue weighted by atomic mass is 10.2. The number of aryl methyl sites for hydroxylation is 1. The molecule has 0 unspecified atom stereocenters. The largest absolute Gasteiger partial charge is 0.435 e. The van der Waals surface area contributed by atoms with Gasteiger partial charge in [-0.2, -0.15) is 0 Å². The molecule has 0 aliphatic heterocycles. The van der Waals surface area contributed by atoms with Gasteiger partial charge in [-0.05, 0) is 48.9 Å². The number of aromatic nitrogens is 2. The summed E-state index contributed by atoms with van der Waals surface area (Å²) >= 11 is 6.12. The monoisotopic (exact) mass is 377 g/mol. The van der Waals surface area contributed by atoms with E-state index in [9.17, 15) is 4.79 Å². The minimum Gasteiger partial charge on any atom is -0.435 e. The minimum atomic E-state index is -0.205. The Bertz CT molecular complexity index is 1140. The van der Waals surface area contributed by atoms with Crippen molar-refractivity contribution in [3.05, 3.63) is 82.5 Å². The van der Waals surface area contributed by atoms with Gasteiger partial charge in [0.15, 0.2) is 5.58 Å². The van der Waals surface area contributed by atoms with Gasteiger partial charge in [-0.3, -0.25) is 4.79 Å². The van der Waals surface area contributed by atoms with E-state index < -0.39 is 0 Å². The Hall–Kier alpha value is -3.18. The molecule has 2 heterocycles. The van der Waals surface area contributed by atoms with Crippen molar-refractivity contribution >= 4 is 28.6 Å². The zero-order valence-electron chi connectivity index (χ0n) is 14.6. The molecule has 0 radical (unpaired) electrons. The first-order valence-corrected chi connectivity index (χ1v) is 8.84. The highest BCUT2D eigenvalue weighted by Gasteiger charge is 2.13. The van der Waals surface area contributed by atoms with Gasteiger partial charge in [-0.15, -0.1) is 0 Å². The van der Waals surface area contributed by atoms with Crippen LogP contribution in [-0.4, -0.2) is 15.9 Å². The van der Waals surface area contributed by atoms with E-state index in [1.54, 1.807) is 24.3 Å². The van der Waals surface area contributed by atoms with Gasteiger partial charge in [0.05, 0.1) is 0 Å². The number of nitrogens with zero attached hydrogens (tertiary/aromatic N) is 2. The van der Waals surface area contributed by atoms with Crippen LogP contribution in [0.25, 0.3) is 22.7 Å². The van der Waals surface area contributed by atoms with Crippen molar-refractivity contribution < 1.29 is 9.21 Å². The molecule has 0 fully saturated rings. The van der Waals surface area contributed by atoms with Crippen molar-refractivity contribution in [3.8, 4) is 11.6 Å². The lowest BCUT2D eigenvalue weighted by molar-refractivity contribution is 0.0951. The average molecular weight is 378 g/mol. The van der Waals surface area contributed by atoms with Gasteiger partial charge in [-0.25, -0.2) is 9.97 Å². The van der Waals surface area contributed by atoms with Gasteiger partial charge >= 0.3 is 0 Å². The predicted molar refractivity (Wildman–Crippen MR) is 105 cm³/mol. The van der Waals surface area contributed by atoms with Crippen LogP contribution in [0.3, 0.4) is 0 Å². The molecule has 4 aromatic rings. The van der Waals surface area contributed by atoms with Gasteiger partial charge in [0.2, 0.25) is 5.89 Å². The molecule has 6 heteroatoms. The third-order valence-corrected chi connectivity index (χ3v) is 4.52. The maximum atomic E-state index is 12.5. The number of oxazole rings is 1. The Labute approximate surface area is 161 Å². The Morgan fingerprint density at radius 3 is 2.74 bits per heavy atom. The Morgan fingerprint density at radius 1 is 1.07 bits per heavy atom. The molecule has 2 aromatic carbocycles. The SMILES string of the molecule is Cc1cccc(-c2nc3ccc(C(=O)NCc4ccccc4Cl)cc3o2)n1. The van der Waals surface area contributed by atoms with E-state index in [2.05, 4.69) is 15.3 Å². The number of fused-ring (bicyclic) bond motifs is 1. The highest BCUT2D eigenvalue weighted by Crippen LogP contribution is 2.24. The van der Waals surface area contributed by atoms with Crippen molar-refractivity contribution in [2.75, 3.05) is 0 Å². The van der Waals surface area contributed by atoms with E-state index in [1.165, 1.54) is 0 Å². The first-order valence-electron chi connectivity index (χ1n) is 8.46. The number of carbonyl (C=O) groups excluding carboxylic acids is 1. The summed E-state index contributed by atoms with van der Waals surface area (Å²) in [6.07, 6.45) is 0. The van der Waals surface area contributed by atoms with Crippen LogP contribution >= 0.6 is 11.6 Å². The summed E-state index contributed by atoms with van der Waals surface area (Å²) in [5.41, 5.74) is 4.12. The van der Waals surface area contributed by atoms with Crippen LogP contribution in [0.4, 0.5) is 0 Å². The van der Waals surface area contributed by atoms with Gasteiger partial charge in [0.1, 0.15) is 11.2 Å². The third-order valence-electron chi connectivity index (χ3n) is 4.16. The predicted octanol–water partition coefficient (Wildman–Crippen LogP) is 4.78. The molecule has 0 saturated heterocycles. The molecule has 0 saturated carbocycles. The molecule has 27 heavy (non-hydrogen) atoms. The van der Waals surface area contributed by atoms with Crippen LogP contribution < -0.4 is 5.32 Å². The first kappa shape index (κ1) is 17.2. The highest BCUT2D eigenvalue weighted by atomic mass is 35.5. The van der Waals surface area contributed by atoms with E-state index in [0.29, 0.717) is 39.8 Å². The van der Waals surface area contributed by atoms with Gasteiger partial charge in [0, 0.05) is 22.8 Å². The molecule has 134 valence electrons. The lowest BCUT2D eigenvalue weighted by Gasteiger charge is -2.06. The fourth-order valence-corrected chi connectivity index (χ4v) is 2.96. The van der Waals surface area contributed by atoms with Gasteiger partial charge in [0.25, 0.3) is 5.91 Å². The van der Waals surface area contributed by atoms with Gasteiger partial charge in [-0.1, -0.05) is 35.9 Å². The quantitative estimate of drug-likeness (QED) is 0.555. The third kappa shape index (κ3) is 3.68. The normalized spacial score (nSPS) is 10.9. The second-order valence-corrected chi connectivity index (χ2v) is 6.55. The number of carbonyl (C=O) groups is 1. The van der Waals surface area contributed by atoms with Crippen LogP contribution in [0.1, 0.15) is 21.6 Å². The van der Waals surface area contributed by atoms with Crippen LogP contribution in [0.15, 0.2) is 65.1 Å². The van der Waals surface area contributed by atoms with Gasteiger partial charge < -0.3 is 9.73 Å². The fraction of sp³-hybridized carbons (Fsp3) is 0.0952. The Morgan fingerprint density at radius 2 is 1.93 bits per heavy atom. The number of amides is 1. The lowest BCUT2D eigenvalue weighted by Crippen LogP contribution is -2.22. The second-order valence-electron chi connectivity index (χ2n) is 6.14. The van der Waals surface area contributed by atoms with E-state index in [4.69, 9.17) is 16.0 Å². The zero-order chi connectivity index (χ0) is 18.8. The summed E-state index contributed by atoms with van der Waals surface area (Å²) in [6, 6.07) is 18.2. The summed E-state index contributed by atoms with van der Waals surface area (Å²) in [5, 5.41) is 3.49. The summed E-state index contributed by atoms with van der Waals surface area (Å²) in [7, 11) is 0. The Balaban J connectivity index is 1.56. The standard InChI is InChI=1S/C21H16ClN3O2/c1-13-5-4-8-18(24-13)21-25-17-10-9-14(11-19(17)27-21)20(26)23-12-15-6-2-3-7-16(15)22/h2-11H,12H2,1H3,(H,23,26). The van der Waals surface area contributed by atoms with Crippen molar-refractivity contribution in [2.45, 2.75) is 13.5 Å². The summed E-state index contributed by atoms with van der Waals surface area (Å²) in [6.45, 7) is 2.26. The van der Waals surface area contributed by atoms with Crippen LogP contribution in [-0.2, 0) is 6.54 Å². The molecule has 0 atom stereocenters.